The molecule has 0 unspecified atom stereocenters. The van der Waals surface area contributed by atoms with Gasteiger partial charge in [0, 0.05) is 45.4 Å². The van der Waals surface area contributed by atoms with Gasteiger partial charge in [-0.2, -0.15) is 13.2 Å². The molecule has 3 atom stereocenters. The Kier molecular flexibility index (Phi) is 12.3. The van der Waals surface area contributed by atoms with Crippen LogP contribution in [0, 0.1) is 11.8 Å². The third-order valence-corrected chi connectivity index (χ3v) is 13.1. The number of pyridine rings is 1. The summed E-state index contributed by atoms with van der Waals surface area (Å²) in [5, 5.41) is 0.154. The Bertz CT molecular complexity index is 1830. The smallest absolute Gasteiger partial charge is 0.471 e. The number of aryl methyl sites for hydroxylation is 1. The summed E-state index contributed by atoms with van der Waals surface area (Å²) < 4.78 is 54.9. The molecule has 3 aliphatic rings. The number of methoxy groups -OCH3 is 1. The lowest BCUT2D eigenvalue weighted by molar-refractivity contribution is -0.174. The van der Waals surface area contributed by atoms with Crippen LogP contribution in [-0.2, 0) is 32.6 Å². The molecule has 0 bridgehead atoms. The number of hydrogen-bond donors (Lipinski definition) is 0. The number of aromatic nitrogens is 1. The number of benzene rings is 2. The van der Waals surface area contributed by atoms with E-state index in [-0.39, 0.29) is 35.4 Å². The third kappa shape index (κ3) is 8.14. The van der Waals surface area contributed by atoms with Crippen LogP contribution >= 0.6 is 23.4 Å². The molecule has 0 saturated heterocycles. The molecule has 3 aliphatic carbocycles. The number of esters is 1. The minimum Gasteiger partial charge on any atom is -0.493 e. The Hall–Kier alpha value is -3.28. The number of thioether (sulfide) groups is 1. The number of anilines is 1. The van der Waals surface area contributed by atoms with Crippen molar-refractivity contribution < 1.29 is 32.2 Å². The van der Waals surface area contributed by atoms with Gasteiger partial charge in [0.05, 0.1) is 13.7 Å². The topological polar surface area (TPSA) is 72.0 Å². The van der Waals surface area contributed by atoms with Crippen molar-refractivity contribution in [3.05, 3.63) is 82.1 Å². The highest BCUT2D eigenvalue weighted by Gasteiger charge is 2.60. The van der Waals surface area contributed by atoms with Crippen molar-refractivity contribution in [1.29, 1.82) is 0 Å². The molecule has 1 heterocycles. The van der Waals surface area contributed by atoms with E-state index in [0.29, 0.717) is 30.3 Å². The van der Waals surface area contributed by atoms with Crippen LogP contribution in [-0.4, -0.2) is 73.6 Å². The van der Waals surface area contributed by atoms with Crippen molar-refractivity contribution in [2.45, 2.75) is 99.6 Å². The molecule has 0 aliphatic heterocycles. The highest BCUT2D eigenvalue weighted by atomic mass is 35.5. The van der Waals surface area contributed by atoms with E-state index in [1.54, 1.807) is 11.8 Å². The van der Waals surface area contributed by atoms with E-state index in [2.05, 4.69) is 41.9 Å². The molecule has 2 aromatic carbocycles. The predicted molar refractivity (Wildman–Crippen MR) is 208 cm³/mol. The second-order valence-electron chi connectivity index (χ2n) is 15.8. The fourth-order valence-electron chi connectivity index (χ4n) is 9.27. The third-order valence-electron chi connectivity index (χ3n) is 11.9. The summed E-state index contributed by atoms with van der Waals surface area (Å²) in [6, 6.07) is 14.3. The fourth-order valence-corrected chi connectivity index (χ4v) is 10.5. The van der Waals surface area contributed by atoms with Gasteiger partial charge < -0.3 is 14.4 Å². The molecular formula is C42H51ClF3N3O4S. The molecule has 54 heavy (non-hydrogen) atoms. The number of ether oxygens (including phenoxy) is 2. The number of hydrogen-bond acceptors (Lipinski definition) is 7. The molecule has 12 heteroatoms. The number of fused-ring (bicyclic) bond motifs is 3. The lowest BCUT2D eigenvalue weighted by Crippen LogP contribution is -2.63. The second kappa shape index (κ2) is 16.4. The van der Waals surface area contributed by atoms with E-state index in [9.17, 15) is 22.8 Å². The van der Waals surface area contributed by atoms with Crippen molar-refractivity contribution in [3.63, 3.8) is 0 Å². The van der Waals surface area contributed by atoms with Gasteiger partial charge in [0.2, 0.25) is 0 Å². The number of amides is 1. The molecule has 6 rings (SSSR count). The average Bonchev–Trinajstić information content (AvgIpc) is 3.42. The van der Waals surface area contributed by atoms with Crippen LogP contribution in [0.15, 0.2) is 59.6 Å². The first kappa shape index (κ1) is 40.4. The van der Waals surface area contributed by atoms with E-state index >= 15 is 0 Å². The van der Waals surface area contributed by atoms with E-state index in [0.717, 1.165) is 67.9 Å². The molecule has 292 valence electrons. The Balaban J connectivity index is 1.33. The van der Waals surface area contributed by atoms with Crippen LogP contribution in [0.5, 0.6) is 5.75 Å². The zero-order valence-corrected chi connectivity index (χ0v) is 33.4. The number of rotatable bonds is 12. The molecule has 1 spiro atoms. The highest BCUT2D eigenvalue weighted by molar-refractivity contribution is 7.99. The van der Waals surface area contributed by atoms with Crippen molar-refractivity contribution in [1.82, 2.24) is 9.88 Å². The van der Waals surface area contributed by atoms with Gasteiger partial charge in [-0.3, -0.25) is 14.7 Å². The fraction of sp³-hybridized carbons (Fsp3) is 0.548. The monoisotopic (exact) mass is 785 g/mol. The first-order valence-electron chi connectivity index (χ1n) is 19.0. The van der Waals surface area contributed by atoms with Crippen LogP contribution in [0.2, 0.25) is 5.02 Å². The van der Waals surface area contributed by atoms with E-state index in [1.165, 1.54) is 41.0 Å². The highest BCUT2D eigenvalue weighted by Crippen LogP contribution is 2.58. The maximum atomic E-state index is 14.4. The zero-order chi connectivity index (χ0) is 38.8. The number of nitrogens with zero attached hydrogens (tertiary/aromatic N) is 3. The number of halogens is 4. The molecule has 0 radical (unpaired) electrons. The minimum absolute atomic E-state index is 0.00608. The molecular weight excluding hydrogens is 735 g/mol. The van der Waals surface area contributed by atoms with Gasteiger partial charge in [-0.05, 0) is 143 Å². The van der Waals surface area contributed by atoms with Crippen molar-refractivity contribution in [2.24, 2.45) is 11.8 Å². The Morgan fingerprint density at radius 3 is 2.54 bits per heavy atom. The molecule has 0 N–H and O–H groups in total. The summed E-state index contributed by atoms with van der Waals surface area (Å²) in [6.45, 7) is 5.86. The Morgan fingerprint density at radius 1 is 1.09 bits per heavy atom. The van der Waals surface area contributed by atoms with Gasteiger partial charge in [-0.25, -0.2) is 4.79 Å². The van der Waals surface area contributed by atoms with Crippen LogP contribution in [0.3, 0.4) is 0 Å². The maximum Gasteiger partial charge on any atom is 0.471 e. The van der Waals surface area contributed by atoms with Gasteiger partial charge in [0.1, 0.15) is 11.3 Å². The standard InChI is InChI=1S/C42H51ClF3N3O4S/c1-27(26-53-36-14-19-47-35-11-6-8-28(2)37(35)36)22-30-23-29-12-13-33(54-21-20-48(3)4)25-34(29)40(30)15-17-41(18-16-40,39(51)52-5)49(38(50)42(44,45)46)32-10-7-9-31(43)24-32/h7,9-10,12-14,19,24-25,27-28,30H,6,8,11,15-18,20-23,26H2,1-5H3/t27-,28-,30+,40?,41?/m1/s1. The van der Waals surface area contributed by atoms with E-state index in [4.69, 9.17) is 21.1 Å². The summed E-state index contributed by atoms with van der Waals surface area (Å²) in [5.74, 6) is -0.473. The largest absolute Gasteiger partial charge is 0.493 e. The van der Waals surface area contributed by atoms with E-state index in [1.807, 2.05) is 26.4 Å². The van der Waals surface area contributed by atoms with Gasteiger partial charge in [-0.15, -0.1) is 11.8 Å². The first-order chi connectivity index (χ1) is 25.7. The summed E-state index contributed by atoms with van der Waals surface area (Å²) in [4.78, 5) is 35.7. The van der Waals surface area contributed by atoms with Gasteiger partial charge in [0.15, 0.2) is 0 Å². The lowest BCUT2D eigenvalue weighted by Gasteiger charge is -2.51. The van der Waals surface area contributed by atoms with Crippen LogP contribution in [0.4, 0.5) is 18.9 Å². The van der Waals surface area contributed by atoms with Gasteiger partial charge in [-0.1, -0.05) is 37.6 Å². The number of alkyl halides is 3. The van der Waals surface area contributed by atoms with Crippen molar-refractivity contribution in [3.8, 4) is 5.75 Å². The molecule has 1 aromatic heterocycles. The van der Waals surface area contributed by atoms with Gasteiger partial charge >= 0.3 is 18.1 Å². The summed E-state index contributed by atoms with van der Waals surface area (Å²) in [7, 11) is 5.25. The molecule has 3 aromatic rings. The van der Waals surface area contributed by atoms with Gasteiger partial charge in [0.25, 0.3) is 0 Å². The summed E-state index contributed by atoms with van der Waals surface area (Å²) in [6.07, 6.45) is 2.22. The quantitative estimate of drug-likeness (QED) is 0.134. The normalized spacial score (nSPS) is 24.2. The average molecular weight is 786 g/mol. The Morgan fingerprint density at radius 2 is 1.85 bits per heavy atom. The number of carbonyl (C=O) groups is 2. The SMILES string of the molecule is COC(=O)C1(N(C(=O)C(F)(F)F)c2cccc(Cl)c2)CCC2(CC1)c1cc(SCCN(C)C)ccc1C[C@@H]2C[C@@H](C)COc1ccnc2c1[C@H](C)CCC2. The lowest BCUT2D eigenvalue weighted by atomic mass is 9.59. The molecule has 7 nitrogen and oxygen atoms in total. The maximum absolute atomic E-state index is 14.4. The van der Waals surface area contributed by atoms with Crippen LogP contribution in [0.25, 0.3) is 0 Å². The van der Waals surface area contributed by atoms with E-state index < -0.39 is 29.0 Å². The second-order valence-corrected chi connectivity index (χ2v) is 17.4. The molecule has 1 saturated carbocycles. The zero-order valence-electron chi connectivity index (χ0n) is 31.8. The molecule has 1 amide bonds. The number of carbonyl (C=O) groups excluding carboxylic acids is 2. The summed E-state index contributed by atoms with van der Waals surface area (Å²) >= 11 is 8.03. The van der Waals surface area contributed by atoms with Crippen molar-refractivity contribution >= 4 is 40.9 Å². The van der Waals surface area contributed by atoms with Crippen molar-refractivity contribution in [2.75, 3.05) is 45.0 Å². The minimum atomic E-state index is -5.24. The molecule has 1 fully saturated rings. The predicted octanol–water partition coefficient (Wildman–Crippen LogP) is 9.43. The van der Waals surface area contributed by atoms with Crippen LogP contribution in [0.1, 0.15) is 87.1 Å². The Labute approximate surface area is 326 Å². The van der Waals surface area contributed by atoms with Crippen LogP contribution < -0.4 is 9.64 Å². The first-order valence-corrected chi connectivity index (χ1v) is 20.3. The summed E-state index contributed by atoms with van der Waals surface area (Å²) in [5.41, 5.74) is 2.36.